The minimum atomic E-state index is -0.116. The van der Waals surface area contributed by atoms with E-state index in [1.54, 1.807) is 17.8 Å². The molecule has 3 aliphatic rings. The van der Waals surface area contributed by atoms with Crippen molar-refractivity contribution in [3.05, 3.63) is 58.9 Å². The summed E-state index contributed by atoms with van der Waals surface area (Å²) in [6.45, 7) is 5.17. The Morgan fingerprint density at radius 1 is 1.00 bits per heavy atom. The number of fused-ring (bicyclic) bond motifs is 2. The fourth-order valence-corrected chi connectivity index (χ4v) is 5.99. The number of ether oxygens (including phenoxy) is 2. The van der Waals surface area contributed by atoms with E-state index in [2.05, 4.69) is 45.3 Å². The van der Waals surface area contributed by atoms with E-state index in [4.69, 9.17) is 9.47 Å². The Balaban J connectivity index is 1.27. The Kier molecular flexibility index (Phi) is 6.18. The van der Waals surface area contributed by atoms with E-state index in [-0.39, 0.29) is 5.56 Å². The number of hydrogen-bond donors (Lipinski definition) is 2. The fraction of sp³-hybridized carbons (Fsp3) is 0.370. The van der Waals surface area contributed by atoms with E-state index >= 15 is 0 Å². The number of likely N-dealkylation sites (tertiary alicyclic amines) is 1. The number of hydrogen-bond acceptors (Lipinski definition) is 7. The zero-order valence-electron chi connectivity index (χ0n) is 19.9. The summed E-state index contributed by atoms with van der Waals surface area (Å²) < 4.78 is 11.9. The topological polar surface area (TPSA) is 69.8 Å². The van der Waals surface area contributed by atoms with Gasteiger partial charge < -0.3 is 29.6 Å². The van der Waals surface area contributed by atoms with Gasteiger partial charge in [0.15, 0.2) is 5.75 Å². The predicted molar refractivity (Wildman–Crippen MR) is 140 cm³/mol. The van der Waals surface area contributed by atoms with Crippen LogP contribution in [-0.2, 0) is 4.74 Å². The van der Waals surface area contributed by atoms with Gasteiger partial charge in [0.2, 0.25) is 5.56 Å². The number of aromatic nitrogens is 1. The van der Waals surface area contributed by atoms with Crippen LogP contribution in [0.15, 0.2) is 63.1 Å². The molecule has 0 radical (unpaired) electrons. The highest BCUT2D eigenvalue weighted by atomic mass is 32.2. The highest BCUT2D eigenvalue weighted by molar-refractivity contribution is 7.99. The lowest BCUT2D eigenvalue weighted by molar-refractivity contribution is 0.122. The van der Waals surface area contributed by atoms with E-state index in [1.165, 1.54) is 0 Å². The van der Waals surface area contributed by atoms with Crippen molar-refractivity contribution in [2.24, 2.45) is 0 Å². The number of rotatable bonds is 4. The molecule has 2 fully saturated rings. The third-order valence-electron chi connectivity index (χ3n) is 6.94. The molecule has 6 rings (SSSR count). The first-order valence-electron chi connectivity index (χ1n) is 12.3. The standard InChI is InChI=1S/C27H30N4O3S/c1-30-9-7-18(8-10-30)28-19-5-6-23-25(15-19)35-24-4-2-3-21(27(24)34-23)22-16-20(17-26(32)29-22)31-11-13-33-14-12-31/h2-6,15-18,28H,7-14H2,1H3,(H,29,32). The second-order valence-corrected chi connectivity index (χ2v) is 10.5. The maximum atomic E-state index is 12.5. The van der Waals surface area contributed by atoms with Crippen LogP contribution < -0.4 is 20.5 Å². The van der Waals surface area contributed by atoms with Crippen LogP contribution >= 0.6 is 11.8 Å². The first kappa shape index (κ1) is 22.5. The van der Waals surface area contributed by atoms with Crippen molar-refractivity contribution in [3.8, 4) is 22.8 Å². The number of morpholine rings is 1. The van der Waals surface area contributed by atoms with Gasteiger partial charge in [-0.2, -0.15) is 0 Å². The summed E-state index contributed by atoms with van der Waals surface area (Å²) >= 11 is 1.71. The molecule has 1 aromatic heterocycles. The first-order chi connectivity index (χ1) is 17.1. The number of nitrogens with zero attached hydrogens (tertiary/aromatic N) is 2. The molecule has 0 unspecified atom stereocenters. The number of para-hydroxylation sites is 1. The van der Waals surface area contributed by atoms with Crippen LogP contribution in [-0.4, -0.2) is 62.4 Å². The maximum Gasteiger partial charge on any atom is 0.250 e. The Morgan fingerprint density at radius 2 is 1.83 bits per heavy atom. The predicted octanol–water partition coefficient (Wildman–Crippen LogP) is 4.64. The summed E-state index contributed by atoms with van der Waals surface area (Å²) in [6, 6.07) is 16.7. The van der Waals surface area contributed by atoms with Crippen LogP contribution in [0, 0.1) is 0 Å². The summed E-state index contributed by atoms with van der Waals surface area (Å²) in [4.78, 5) is 22.3. The van der Waals surface area contributed by atoms with Crippen LogP contribution in [0.4, 0.5) is 11.4 Å². The number of benzene rings is 2. The van der Waals surface area contributed by atoms with Crippen molar-refractivity contribution in [1.82, 2.24) is 9.88 Å². The Labute approximate surface area is 209 Å². The number of aromatic amines is 1. The highest BCUT2D eigenvalue weighted by Gasteiger charge is 2.24. The van der Waals surface area contributed by atoms with Crippen molar-refractivity contribution >= 4 is 23.1 Å². The van der Waals surface area contributed by atoms with Gasteiger partial charge in [0.05, 0.1) is 28.7 Å². The third kappa shape index (κ3) is 4.78. The van der Waals surface area contributed by atoms with E-state index in [0.717, 1.165) is 82.9 Å². The molecule has 0 amide bonds. The molecule has 4 heterocycles. The van der Waals surface area contributed by atoms with Gasteiger partial charge in [0.25, 0.3) is 0 Å². The minimum Gasteiger partial charge on any atom is -0.454 e. The Hall–Kier alpha value is -2.94. The van der Waals surface area contributed by atoms with Crippen molar-refractivity contribution in [2.45, 2.75) is 28.7 Å². The van der Waals surface area contributed by atoms with E-state index < -0.39 is 0 Å². The maximum absolute atomic E-state index is 12.5. The second-order valence-electron chi connectivity index (χ2n) is 9.44. The molecular formula is C27H30N4O3S. The smallest absolute Gasteiger partial charge is 0.250 e. The summed E-state index contributed by atoms with van der Waals surface area (Å²) in [5.74, 6) is 1.63. The molecule has 8 heteroatoms. The molecule has 0 aliphatic carbocycles. The van der Waals surface area contributed by atoms with Gasteiger partial charge in [-0.25, -0.2) is 0 Å². The molecule has 2 aromatic carbocycles. The largest absolute Gasteiger partial charge is 0.454 e. The molecule has 35 heavy (non-hydrogen) atoms. The average Bonchev–Trinajstić information content (AvgIpc) is 2.88. The first-order valence-corrected chi connectivity index (χ1v) is 13.1. The van der Waals surface area contributed by atoms with Crippen molar-refractivity contribution < 1.29 is 9.47 Å². The van der Waals surface area contributed by atoms with Crippen LogP contribution in [0.5, 0.6) is 11.5 Å². The number of H-pyrrole nitrogens is 1. The van der Waals surface area contributed by atoms with E-state index in [0.29, 0.717) is 19.3 Å². The van der Waals surface area contributed by atoms with Gasteiger partial charge in [-0.05, 0) is 69.4 Å². The second kappa shape index (κ2) is 9.60. The van der Waals surface area contributed by atoms with Gasteiger partial charge in [-0.1, -0.05) is 17.8 Å². The molecule has 0 atom stereocenters. The van der Waals surface area contributed by atoms with Crippen molar-refractivity contribution in [2.75, 3.05) is 56.7 Å². The SMILES string of the molecule is CN1CCC(Nc2ccc3c(c2)Sc2cccc(-c4cc(N5CCOCC5)cc(=O)[nH]4)c2O3)CC1. The molecule has 2 N–H and O–H groups in total. The lowest BCUT2D eigenvalue weighted by atomic mass is 10.1. The summed E-state index contributed by atoms with van der Waals surface area (Å²) in [5.41, 5.74) is 3.59. The number of anilines is 2. The van der Waals surface area contributed by atoms with Gasteiger partial charge in [-0.15, -0.1) is 0 Å². The molecule has 3 aromatic rings. The zero-order chi connectivity index (χ0) is 23.8. The fourth-order valence-electron chi connectivity index (χ4n) is 4.97. The zero-order valence-corrected chi connectivity index (χ0v) is 20.7. The molecule has 3 aliphatic heterocycles. The Morgan fingerprint density at radius 3 is 2.66 bits per heavy atom. The van der Waals surface area contributed by atoms with Gasteiger partial charge >= 0.3 is 0 Å². The van der Waals surface area contributed by atoms with Crippen LogP contribution in [0.25, 0.3) is 11.3 Å². The summed E-state index contributed by atoms with van der Waals surface area (Å²) in [7, 11) is 2.18. The van der Waals surface area contributed by atoms with Crippen LogP contribution in [0.3, 0.4) is 0 Å². The Bertz CT molecular complexity index is 1280. The number of piperidine rings is 1. The lowest BCUT2D eigenvalue weighted by Gasteiger charge is -2.30. The minimum absolute atomic E-state index is 0.116. The van der Waals surface area contributed by atoms with Crippen molar-refractivity contribution in [3.63, 3.8) is 0 Å². The van der Waals surface area contributed by atoms with Crippen molar-refractivity contribution in [1.29, 1.82) is 0 Å². The summed E-state index contributed by atoms with van der Waals surface area (Å²) in [6.07, 6.45) is 2.32. The molecule has 0 saturated carbocycles. The monoisotopic (exact) mass is 490 g/mol. The van der Waals surface area contributed by atoms with Crippen LogP contribution in [0.1, 0.15) is 12.8 Å². The number of pyridine rings is 1. The van der Waals surface area contributed by atoms with E-state index in [1.807, 2.05) is 24.3 Å². The molecule has 182 valence electrons. The van der Waals surface area contributed by atoms with E-state index in [9.17, 15) is 4.79 Å². The lowest BCUT2D eigenvalue weighted by Crippen LogP contribution is -2.36. The average molecular weight is 491 g/mol. The quantitative estimate of drug-likeness (QED) is 0.432. The van der Waals surface area contributed by atoms with Gasteiger partial charge in [0.1, 0.15) is 5.75 Å². The molecule has 2 saturated heterocycles. The van der Waals surface area contributed by atoms with Gasteiger partial charge in [0, 0.05) is 42.1 Å². The molecule has 0 bridgehead atoms. The van der Waals surface area contributed by atoms with Crippen LogP contribution in [0.2, 0.25) is 0 Å². The molecule has 7 nitrogen and oxygen atoms in total. The van der Waals surface area contributed by atoms with Gasteiger partial charge in [-0.3, -0.25) is 4.79 Å². The number of nitrogens with one attached hydrogen (secondary N) is 2. The molecule has 0 spiro atoms. The summed E-state index contributed by atoms with van der Waals surface area (Å²) in [5, 5.41) is 3.71. The normalized spacial score (nSPS) is 18.5. The highest BCUT2D eigenvalue weighted by Crippen LogP contribution is 2.51. The third-order valence-corrected chi connectivity index (χ3v) is 8.02. The molecular weight excluding hydrogens is 460 g/mol.